The number of esters is 1. The standard InChI is InChI=1S/C20H24N2O5/c1-4-21-12(2)9-16(13(21)3)17(23)11-27-18(24)10-22-19(25)14-7-5-6-8-15(14)20(22)26/h5-6,9,14-15H,4,7-8,10-11H2,1-3H3/t14-,15-/m1/s1. The normalized spacial score (nSPS) is 21.5. The number of rotatable bonds is 6. The van der Waals surface area contributed by atoms with Crippen LogP contribution >= 0.6 is 0 Å². The Balaban J connectivity index is 1.58. The highest BCUT2D eigenvalue weighted by atomic mass is 16.5. The molecule has 0 spiro atoms. The Labute approximate surface area is 158 Å². The molecule has 2 heterocycles. The monoisotopic (exact) mass is 372 g/mol. The minimum Gasteiger partial charge on any atom is -0.456 e. The van der Waals surface area contributed by atoms with Gasteiger partial charge in [-0.1, -0.05) is 12.2 Å². The predicted molar refractivity (Wildman–Crippen MR) is 96.9 cm³/mol. The van der Waals surface area contributed by atoms with Crippen molar-refractivity contribution in [3.8, 4) is 0 Å². The van der Waals surface area contributed by atoms with Crippen LogP contribution in [0.4, 0.5) is 0 Å². The molecule has 1 fully saturated rings. The lowest BCUT2D eigenvalue weighted by Crippen LogP contribution is -2.37. The number of carbonyl (C=O) groups excluding carboxylic acids is 4. The fourth-order valence-electron chi connectivity index (χ4n) is 3.99. The van der Waals surface area contributed by atoms with E-state index in [1.165, 1.54) is 0 Å². The van der Waals surface area contributed by atoms with E-state index >= 15 is 0 Å². The van der Waals surface area contributed by atoms with Crippen molar-refractivity contribution in [3.63, 3.8) is 0 Å². The zero-order valence-electron chi connectivity index (χ0n) is 15.9. The van der Waals surface area contributed by atoms with Crippen molar-refractivity contribution in [1.82, 2.24) is 9.47 Å². The summed E-state index contributed by atoms with van der Waals surface area (Å²) in [6.07, 6.45) is 4.82. The fraction of sp³-hybridized carbons (Fsp3) is 0.500. The zero-order chi connectivity index (χ0) is 19.7. The molecule has 1 saturated heterocycles. The Kier molecular flexibility index (Phi) is 5.30. The van der Waals surface area contributed by atoms with Gasteiger partial charge in [-0.15, -0.1) is 0 Å². The summed E-state index contributed by atoms with van der Waals surface area (Å²) in [5.41, 5.74) is 2.32. The van der Waals surface area contributed by atoms with E-state index < -0.39 is 19.1 Å². The van der Waals surface area contributed by atoms with Gasteiger partial charge in [0.15, 0.2) is 6.61 Å². The lowest BCUT2D eigenvalue weighted by molar-refractivity contribution is -0.152. The van der Waals surface area contributed by atoms with Gasteiger partial charge < -0.3 is 9.30 Å². The molecule has 3 rings (SSSR count). The molecular formula is C20H24N2O5. The van der Waals surface area contributed by atoms with Crippen molar-refractivity contribution >= 4 is 23.6 Å². The topological polar surface area (TPSA) is 85.7 Å². The molecule has 0 aromatic carbocycles. The quantitative estimate of drug-likeness (QED) is 0.329. The van der Waals surface area contributed by atoms with E-state index in [0.717, 1.165) is 22.8 Å². The van der Waals surface area contributed by atoms with E-state index in [2.05, 4.69) is 0 Å². The van der Waals surface area contributed by atoms with Crippen molar-refractivity contribution in [2.75, 3.05) is 13.2 Å². The molecule has 0 unspecified atom stereocenters. The highest BCUT2D eigenvalue weighted by Crippen LogP contribution is 2.34. The van der Waals surface area contributed by atoms with Crippen LogP contribution in [-0.2, 0) is 25.7 Å². The molecule has 1 aromatic heterocycles. The van der Waals surface area contributed by atoms with Crippen molar-refractivity contribution in [2.24, 2.45) is 11.8 Å². The molecule has 144 valence electrons. The molecule has 27 heavy (non-hydrogen) atoms. The molecule has 0 radical (unpaired) electrons. The SMILES string of the molecule is CCn1c(C)cc(C(=O)COC(=O)CN2C(=O)[C@@H]3CC=CC[C@H]3C2=O)c1C. The van der Waals surface area contributed by atoms with Gasteiger partial charge in [0.2, 0.25) is 17.6 Å². The number of ether oxygens (including phenoxy) is 1. The van der Waals surface area contributed by atoms with Crippen LogP contribution < -0.4 is 0 Å². The molecule has 7 heteroatoms. The van der Waals surface area contributed by atoms with E-state index in [9.17, 15) is 19.2 Å². The maximum Gasteiger partial charge on any atom is 0.326 e. The summed E-state index contributed by atoms with van der Waals surface area (Å²) in [6.45, 7) is 5.66. The number of carbonyl (C=O) groups is 4. The Morgan fingerprint density at radius 3 is 2.22 bits per heavy atom. The first kappa shape index (κ1) is 19.1. The second kappa shape index (κ2) is 7.50. The third-order valence-corrected chi connectivity index (χ3v) is 5.44. The van der Waals surface area contributed by atoms with Gasteiger partial charge in [0, 0.05) is 23.5 Å². The van der Waals surface area contributed by atoms with Gasteiger partial charge in [-0.2, -0.15) is 0 Å². The molecule has 2 amide bonds. The number of aryl methyl sites for hydroxylation is 1. The number of amides is 2. The van der Waals surface area contributed by atoms with Crippen molar-refractivity contribution in [2.45, 2.75) is 40.2 Å². The first-order valence-electron chi connectivity index (χ1n) is 9.20. The lowest BCUT2D eigenvalue weighted by atomic mass is 9.85. The van der Waals surface area contributed by atoms with Crippen LogP contribution in [0.25, 0.3) is 0 Å². The summed E-state index contributed by atoms with van der Waals surface area (Å²) >= 11 is 0. The molecule has 2 atom stereocenters. The van der Waals surface area contributed by atoms with Crippen LogP contribution in [0.15, 0.2) is 18.2 Å². The summed E-state index contributed by atoms with van der Waals surface area (Å²) in [5.74, 6) is -2.46. The first-order valence-corrected chi connectivity index (χ1v) is 9.20. The number of allylic oxidation sites excluding steroid dienone is 2. The number of Topliss-reactive ketones (excluding diaryl/α,β-unsaturated/α-hetero) is 1. The molecule has 1 aliphatic carbocycles. The largest absolute Gasteiger partial charge is 0.456 e. The molecule has 0 N–H and O–H groups in total. The van der Waals surface area contributed by atoms with Gasteiger partial charge in [-0.05, 0) is 39.7 Å². The van der Waals surface area contributed by atoms with Crippen LogP contribution in [0.3, 0.4) is 0 Å². The summed E-state index contributed by atoms with van der Waals surface area (Å²) in [4.78, 5) is 50.2. The fourth-order valence-corrected chi connectivity index (χ4v) is 3.99. The summed E-state index contributed by atoms with van der Waals surface area (Å²) < 4.78 is 7.05. The molecule has 1 aliphatic heterocycles. The molecule has 2 aliphatic rings. The Morgan fingerprint density at radius 1 is 1.11 bits per heavy atom. The van der Waals surface area contributed by atoms with Crippen LogP contribution in [0.2, 0.25) is 0 Å². The number of imide groups is 1. The average molecular weight is 372 g/mol. The Bertz CT molecular complexity index is 810. The minimum absolute atomic E-state index is 0.298. The van der Waals surface area contributed by atoms with E-state index in [4.69, 9.17) is 4.74 Å². The minimum atomic E-state index is -0.749. The Morgan fingerprint density at radius 2 is 1.70 bits per heavy atom. The van der Waals surface area contributed by atoms with E-state index in [0.29, 0.717) is 18.4 Å². The summed E-state index contributed by atoms with van der Waals surface area (Å²) in [6, 6.07) is 1.78. The van der Waals surface area contributed by atoms with Crippen molar-refractivity contribution < 1.29 is 23.9 Å². The van der Waals surface area contributed by atoms with Crippen LogP contribution in [-0.4, -0.2) is 46.2 Å². The summed E-state index contributed by atoms with van der Waals surface area (Å²) in [7, 11) is 0. The van der Waals surface area contributed by atoms with Crippen LogP contribution in [0.5, 0.6) is 0 Å². The molecular weight excluding hydrogens is 348 g/mol. The maximum atomic E-state index is 12.4. The van der Waals surface area contributed by atoms with Gasteiger partial charge in [0.25, 0.3) is 0 Å². The van der Waals surface area contributed by atoms with Gasteiger partial charge in [-0.3, -0.25) is 24.1 Å². The number of fused-ring (bicyclic) bond motifs is 1. The van der Waals surface area contributed by atoms with Crippen LogP contribution in [0, 0.1) is 25.7 Å². The lowest BCUT2D eigenvalue weighted by Gasteiger charge is -2.14. The number of hydrogen-bond acceptors (Lipinski definition) is 5. The average Bonchev–Trinajstić information content (AvgIpc) is 3.08. The molecule has 7 nitrogen and oxygen atoms in total. The smallest absolute Gasteiger partial charge is 0.326 e. The van der Waals surface area contributed by atoms with Crippen molar-refractivity contribution in [1.29, 1.82) is 0 Å². The van der Waals surface area contributed by atoms with E-state index in [-0.39, 0.29) is 29.4 Å². The number of hydrogen-bond donors (Lipinski definition) is 0. The van der Waals surface area contributed by atoms with Crippen molar-refractivity contribution in [3.05, 3.63) is 35.2 Å². The van der Waals surface area contributed by atoms with E-state index in [1.54, 1.807) is 6.07 Å². The maximum absolute atomic E-state index is 12.4. The van der Waals surface area contributed by atoms with Gasteiger partial charge in [-0.25, -0.2) is 0 Å². The number of aromatic nitrogens is 1. The third-order valence-electron chi connectivity index (χ3n) is 5.44. The number of nitrogens with zero attached hydrogens (tertiary/aromatic N) is 2. The van der Waals surface area contributed by atoms with Crippen LogP contribution in [0.1, 0.15) is 41.5 Å². The number of ketones is 1. The van der Waals surface area contributed by atoms with Gasteiger partial charge in [0.05, 0.1) is 11.8 Å². The molecule has 0 saturated carbocycles. The second-order valence-corrected chi connectivity index (χ2v) is 7.03. The van der Waals surface area contributed by atoms with Gasteiger partial charge in [0.1, 0.15) is 6.54 Å². The Hall–Kier alpha value is -2.70. The first-order chi connectivity index (χ1) is 12.8. The second-order valence-electron chi connectivity index (χ2n) is 7.03. The third kappa shape index (κ3) is 3.46. The summed E-state index contributed by atoms with van der Waals surface area (Å²) in [5, 5.41) is 0. The van der Waals surface area contributed by atoms with Gasteiger partial charge >= 0.3 is 5.97 Å². The van der Waals surface area contributed by atoms with E-state index in [1.807, 2.05) is 37.5 Å². The number of likely N-dealkylation sites (tertiary alicyclic amines) is 1. The highest BCUT2D eigenvalue weighted by Gasteiger charge is 2.47. The zero-order valence-corrected chi connectivity index (χ0v) is 15.9. The molecule has 0 bridgehead atoms. The molecule has 1 aromatic rings. The predicted octanol–water partition coefficient (Wildman–Crippen LogP) is 1.80. The highest BCUT2D eigenvalue weighted by molar-refractivity contribution is 6.07.